The molecule has 1 spiro atoms. The number of hydrogen-bond donors (Lipinski definition) is 0. The maximum Gasteiger partial charge on any atom is 0.260 e. The summed E-state index contributed by atoms with van der Waals surface area (Å²) in [5.74, 6) is 1.82. The highest BCUT2D eigenvalue weighted by Crippen LogP contribution is 2.39. The number of methoxy groups -OCH3 is 2. The standard InChI is InChI=1S/C18H26N2O4/c1-19-9-14(10-22-2)8-18(19)12-20(13-18)17(21)11-24-16-7-5-4-6-15(16)23-3/h4-7,14H,8-13H2,1-3H3. The first-order valence-electron chi connectivity index (χ1n) is 8.32. The predicted molar refractivity (Wildman–Crippen MR) is 90.4 cm³/mol. The van der Waals surface area contributed by atoms with Crippen molar-refractivity contribution in [3.8, 4) is 11.5 Å². The van der Waals surface area contributed by atoms with E-state index >= 15 is 0 Å². The Labute approximate surface area is 143 Å². The van der Waals surface area contributed by atoms with Gasteiger partial charge in [-0.15, -0.1) is 0 Å². The van der Waals surface area contributed by atoms with Gasteiger partial charge in [0.2, 0.25) is 0 Å². The number of rotatable bonds is 6. The average Bonchev–Trinajstić information content (AvgIpc) is 2.88. The number of benzene rings is 1. The van der Waals surface area contributed by atoms with Crippen molar-refractivity contribution in [1.82, 2.24) is 9.80 Å². The SMILES string of the molecule is COCC1CN(C)C2(C1)CN(C(=O)COc1ccccc1OC)C2. The third-order valence-corrected chi connectivity index (χ3v) is 5.16. The zero-order valence-corrected chi connectivity index (χ0v) is 14.7. The second kappa shape index (κ2) is 6.99. The normalized spacial score (nSPS) is 22.5. The molecule has 1 atom stereocenters. The van der Waals surface area contributed by atoms with Crippen LogP contribution in [0.5, 0.6) is 11.5 Å². The third kappa shape index (κ3) is 3.21. The quantitative estimate of drug-likeness (QED) is 0.784. The van der Waals surface area contributed by atoms with Crippen molar-refractivity contribution in [2.24, 2.45) is 5.92 Å². The number of nitrogens with zero attached hydrogens (tertiary/aromatic N) is 2. The van der Waals surface area contributed by atoms with Gasteiger partial charge in [-0.2, -0.15) is 0 Å². The molecule has 6 heteroatoms. The van der Waals surface area contributed by atoms with Gasteiger partial charge < -0.3 is 19.1 Å². The van der Waals surface area contributed by atoms with Crippen LogP contribution in [0.25, 0.3) is 0 Å². The van der Waals surface area contributed by atoms with Crippen molar-refractivity contribution >= 4 is 5.91 Å². The molecule has 2 aliphatic rings. The zero-order chi connectivity index (χ0) is 17.2. The second-order valence-electron chi connectivity index (χ2n) is 6.82. The third-order valence-electron chi connectivity index (χ3n) is 5.16. The van der Waals surface area contributed by atoms with Crippen molar-refractivity contribution in [3.05, 3.63) is 24.3 Å². The van der Waals surface area contributed by atoms with Gasteiger partial charge in [0.15, 0.2) is 18.1 Å². The lowest BCUT2D eigenvalue weighted by Crippen LogP contribution is -2.68. The summed E-state index contributed by atoms with van der Waals surface area (Å²) in [4.78, 5) is 16.6. The Morgan fingerprint density at radius 2 is 1.96 bits per heavy atom. The fourth-order valence-corrected chi connectivity index (χ4v) is 3.87. The summed E-state index contributed by atoms with van der Waals surface area (Å²) >= 11 is 0. The van der Waals surface area contributed by atoms with Gasteiger partial charge in [0, 0.05) is 26.7 Å². The molecule has 0 aromatic heterocycles. The first-order chi connectivity index (χ1) is 11.6. The number of likely N-dealkylation sites (N-methyl/N-ethyl adjacent to an activating group) is 1. The molecule has 2 aliphatic heterocycles. The molecule has 3 rings (SSSR count). The maximum atomic E-state index is 12.4. The number of hydrogen-bond acceptors (Lipinski definition) is 5. The summed E-state index contributed by atoms with van der Waals surface area (Å²) in [5, 5.41) is 0. The van der Waals surface area contributed by atoms with E-state index in [4.69, 9.17) is 14.2 Å². The van der Waals surface area contributed by atoms with E-state index in [0.717, 1.165) is 32.7 Å². The van der Waals surface area contributed by atoms with E-state index in [0.29, 0.717) is 17.4 Å². The molecule has 1 aromatic rings. The molecule has 0 radical (unpaired) electrons. The number of likely N-dealkylation sites (tertiary alicyclic amines) is 2. The van der Waals surface area contributed by atoms with Gasteiger partial charge in [0.1, 0.15) is 0 Å². The second-order valence-corrected chi connectivity index (χ2v) is 6.82. The molecule has 1 amide bonds. The Hall–Kier alpha value is -1.79. The van der Waals surface area contributed by atoms with Crippen LogP contribution >= 0.6 is 0 Å². The van der Waals surface area contributed by atoms with E-state index in [1.54, 1.807) is 14.2 Å². The van der Waals surface area contributed by atoms with Crippen LogP contribution < -0.4 is 9.47 Å². The largest absolute Gasteiger partial charge is 0.493 e. The molecule has 0 aliphatic carbocycles. The van der Waals surface area contributed by atoms with E-state index in [9.17, 15) is 4.79 Å². The molecule has 0 saturated carbocycles. The Morgan fingerprint density at radius 1 is 1.25 bits per heavy atom. The molecule has 2 heterocycles. The Kier molecular flexibility index (Phi) is 4.96. The van der Waals surface area contributed by atoms with Gasteiger partial charge in [-0.25, -0.2) is 0 Å². The van der Waals surface area contributed by atoms with E-state index in [2.05, 4.69) is 11.9 Å². The van der Waals surface area contributed by atoms with Crippen molar-refractivity contribution in [1.29, 1.82) is 0 Å². The molecule has 6 nitrogen and oxygen atoms in total. The minimum absolute atomic E-state index is 0.0233. The highest BCUT2D eigenvalue weighted by Gasteiger charge is 2.52. The van der Waals surface area contributed by atoms with E-state index in [1.807, 2.05) is 29.2 Å². The molecule has 2 saturated heterocycles. The minimum Gasteiger partial charge on any atom is -0.493 e. The van der Waals surface area contributed by atoms with Gasteiger partial charge >= 0.3 is 0 Å². The molecular weight excluding hydrogens is 308 g/mol. The highest BCUT2D eigenvalue weighted by molar-refractivity contribution is 5.79. The van der Waals surface area contributed by atoms with E-state index in [-0.39, 0.29) is 18.1 Å². The van der Waals surface area contributed by atoms with Crippen LogP contribution in [0.3, 0.4) is 0 Å². The lowest BCUT2D eigenvalue weighted by Gasteiger charge is -2.51. The van der Waals surface area contributed by atoms with E-state index in [1.165, 1.54) is 0 Å². The summed E-state index contributed by atoms with van der Waals surface area (Å²) in [6.07, 6.45) is 1.09. The molecule has 1 aromatic carbocycles. The van der Waals surface area contributed by atoms with Crippen molar-refractivity contribution in [2.45, 2.75) is 12.0 Å². The fraction of sp³-hybridized carbons (Fsp3) is 0.611. The molecular formula is C18H26N2O4. The Morgan fingerprint density at radius 3 is 2.62 bits per heavy atom. The van der Waals surface area contributed by atoms with Crippen LogP contribution in [0.1, 0.15) is 6.42 Å². The molecule has 0 bridgehead atoms. The monoisotopic (exact) mass is 334 g/mol. The van der Waals surface area contributed by atoms with Crippen LogP contribution in [0.2, 0.25) is 0 Å². The lowest BCUT2D eigenvalue weighted by molar-refractivity contribution is -0.145. The number of carbonyl (C=O) groups excluding carboxylic acids is 1. The number of para-hydroxylation sites is 2. The highest BCUT2D eigenvalue weighted by atomic mass is 16.5. The summed E-state index contributed by atoms with van der Waals surface area (Å²) in [5.41, 5.74) is 0.128. The molecule has 2 fully saturated rings. The van der Waals surface area contributed by atoms with Gasteiger partial charge in [-0.05, 0) is 31.5 Å². The Bertz CT molecular complexity index is 586. The van der Waals surface area contributed by atoms with Gasteiger partial charge in [-0.3, -0.25) is 9.69 Å². The topological polar surface area (TPSA) is 51.2 Å². The van der Waals surface area contributed by atoms with Crippen molar-refractivity contribution in [3.63, 3.8) is 0 Å². The molecule has 24 heavy (non-hydrogen) atoms. The van der Waals surface area contributed by atoms with Crippen molar-refractivity contribution < 1.29 is 19.0 Å². The van der Waals surface area contributed by atoms with Crippen LogP contribution in [0.15, 0.2) is 24.3 Å². The first kappa shape index (κ1) is 17.0. The van der Waals surface area contributed by atoms with Gasteiger partial charge in [0.25, 0.3) is 5.91 Å². The van der Waals surface area contributed by atoms with Gasteiger partial charge in [-0.1, -0.05) is 12.1 Å². The number of carbonyl (C=O) groups is 1. The lowest BCUT2D eigenvalue weighted by atomic mass is 9.84. The smallest absolute Gasteiger partial charge is 0.260 e. The number of ether oxygens (including phenoxy) is 3. The molecule has 132 valence electrons. The summed E-state index contributed by atoms with van der Waals surface area (Å²) in [6, 6.07) is 7.37. The van der Waals surface area contributed by atoms with Crippen molar-refractivity contribution in [2.75, 3.05) is 54.1 Å². The summed E-state index contributed by atoms with van der Waals surface area (Å²) in [7, 11) is 5.48. The van der Waals surface area contributed by atoms with E-state index < -0.39 is 0 Å². The first-order valence-corrected chi connectivity index (χ1v) is 8.32. The zero-order valence-electron chi connectivity index (χ0n) is 14.7. The van der Waals surface area contributed by atoms with Crippen LogP contribution in [0.4, 0.5) is 0 Å². The average molecular weight is 334 g/mol. The Balaban J connectivity index is 1.50. The van der Waals surface area contributed by atoms with Crippen LogP contribution in [0, 0.1) is 5.92 Å². The molecule has 1 unspecified atom stereocenters. The summed E-state index contributed by atoms with van der Waals surface area (Å²) in [6.45, 7) is 3.42. The van der Waals surface area contributed by atoms with Crippen LogP contribution in [-0.2, 0) is 9.53 Å². The van der Waals surface area contributed by atoms with Crippen LogP contribution in [-0.4, -0.2) is 75.4 Å². The number of amides is 1. The minimum atomic E-state index is 0.0233. The maximum absolute atomic E-state index is 12.4. The fourth-order valence-electron chi connectivity index (χ4n) is 3.87. The summed E-state index contributed by atoms with van der Waals surface area (Å²) < 4.78 is 16.2. The predicted octanol–water partition coefficient (Wildman–Crippen LogP) is 1.25. The molecule has 0 N–H and O–H groups in total. The van der Waals surface area contributed by atoms with Gasteiger partial charge in [0.05, 0.1) is 19.3 Å².